The number of benzene rings is 1. The first-order valence-electron chi connectivity index (χ1n) is 8.86. The van der Waals surface area contributed by atoms with Gasteiger partial charge in [0.25, 0.3) is 0 Å². The highest BCUT2D eigenvalue weighted by Crippen LogP contribution is 2.68. The van der Waals surface area contributed by atoms with Gasteiger partial charge >= 0.3 is 5.97 Å². The minimum atomic E-state index is -0.405. The van der Waals surface area contributed by atoms with Crippen molar-refractivity contribution in [3.63, 3.8) is 0 Å². The van der Waals surface area contributed by atoms with Crippen molar-refractivity contribution in [1.82, 2.24) is 0 Å². The van der Waals surface area contributed by atoms with Crippen molar-refractivity contribution >= 4 is 28.2 Å². The number of nitrogens with one attached hydrogen (secondary N) is 1. The van der Waals surface area contributed by atoms with E-state index in [4.69, 9.17) is 4.74 Å². The van der Waals surface area contributed by atoms with Crippen LogP contribution >= 0.6 is 11.3 Å². The van der Waals surface area contributed by atoms with Crippen LogP contribution in [-0.2, 0) is 9.53 Å². The van der Waals surface area contributed by atoms with Crippen molar-refractivity contribution in [2.24, 2.45) is 16.7 Å². The molecule has 2 aromatic rings. The van der Waals surface area contributed by atoms with Crippen molar-refractivity contribution in [3.05, 3.63) is 41.3 Å². The van der Waals surface area contributed by atoms with Gasteiger partial charge in [-0.1, -0.05) is 58.0 Å². The Hall–Kier alpha value is -2.14. The summed E-state index contributed by atoms with van der Waals surface area (Å²) in [5.74, 6) is -0.517. The van der Waals surface area contributed by atoms with Crippen LogP contribution in [0.1, 0.15) is 45.0 Å². The molecule has 1 heterocycles. The molecule has 0 bridgehead atoms. The fourth-order valence-corrected chi connectivity index (χ4v) is 4.68. The summed E-state index contributed by atoms with van der Waals surface area (Å²) in [6.07, 6.45) is 0. The van der Waals surface area contributed by atoms with E-state index in [1.165, 1.54) is 11.3 Å². The number of carbonyl (C=O) groups excluding carboxylic acids is 2. The number of hydrogen-bond acceptors (Lipinski definition) is 4. The average molecular weight is 372 g/mol. The van der Waals surface area contributed by atoms with E-state index >= 15 is 0 Å². The molecule has 0 aliphatic heterocycles. The van der Waals surface area contributed by atoms with Crippen LogP contribution in [0.3, 0.4) is 0 Å². The molecule has 1 fully saturated rings. The molecule has 138 valence electrons. The van der Waals surface area contributed by atoms with Crippen molar-refractivity contribution < 1.29 is 14.3 Å². The summed E-state index contributed by atoms with van der Waals surface area (Å²) in [6, 6.07) is 9.68. The van der Waals surface area contributed by atoms with E-state index < -0.39 is 5.97 Å². The second-order valence-corrected chi connectivity index (χ2v) is 8.69. The molecule has 1 amide bonds. The van der Waals surface area contributed by atoms with Gasteiger partial charge in [0.1, 0.15) is 10.6 Å². The maximum Gasteiger partial charge on any atom is 0.341 e. The van der Waals surface area contributed by atoms with Gasteiger partial charge in [0.15, 0.2) is 0 Å². The van der Waals surface area contributed by atoms with Gasteiger partial charge < -0.3 is 10.1 Å². The summed E-state index contributed by atoms with van der Waals surface area (Å²) in [5, 5.41) is 5.46. The average Bonchev–Trinajstić information content (AvgIpc) is 2.87. The fourth-order valence-electron chi connectivity index (χ4n) is 3.72. The summed E-state index contributed by atoms with van der Waals surface area (Å²) in [4.78, 5) is 25.4. The van der Waals surface area contributed by atoms with E-state index in [0.717, 1.165) is 11.1 Å². The van der Waals surface area contributed by atoms with E-state index in [1.54, 1.807) is 6.92 Å². The first kappa shape index (κ1) is 18.6. The number of rotatable bonds is 5. The molecule has 1 aliphatic carbocycles. The number of thiophene rings is 1. The third kappa shape index (κ3) is 2.94. The van der Waals surface area contributed by atoms with Gasteiger partial charge in [-0.3, -0.25) is 4.79 Å². The first-order chi connectivity index (χ1) is 12.2. The lowest BCUT2D eigenvalue weighted by Gasteiger charge is -2.09. The molecule has 1 aliphatic rings. The maximum atomic E-state index is 12.8. The predicted molar refractivity (Wildman–Crippen MR) is 105 cm³/mol. The smallest absolute Gasteiger partial charge is 0.341 e. The third-order valence-corrected chi connectivity index (χ3v) is 6.77. The molecule has 0 unspecified atom stereocenters. The number of carbonyl (C=O) groups is 2. The van der Waals surface area contributed by atoms with Gasteiger partial charge in [-0.05, 0) is 23.3 Å². The van der Waals surface area contributed by atoms with Crippen LogP contribution in [0.4, 0.5) is 5.00 Å². The first-order valence-corrected chi connectivity index (χ1v) is 9.74. The van der Waals surface area contributed by atoms with Gasteiger partial charge in [-0.15, -0.1) is 11.3 Å². The lowest BCUT2D eigenvalue weighted by Crippen LogP contribution is -2.19. The Balaban J connectivity index is 1.94. The lowest BCUT2D eigenvalue weighted by atomic mass is 10.0. The van der Waals surface area contributed by atoms with Crippen LogP contribution in [0.15, 0.2) is 35.7 Å². The molecule has 26 heavy (non-hydrogen) atoms. The minimum absolute atomic E-state index is 0.0352. The Morgan fingerprint density at radius 1 is 1.12 bits per heavy atom. The molecular formula is C21H25NO3S. The number of hydrogen-bond donors (Lipinski definition) is 1. The molecule has 3 rings (SSSR count). The summed E-state index contributed by atoms with van der Waals surface area (Å²) in [5.41, 5.74) is 2.05. The molecule has 0 saturated heterocycles. The topological polar surface area (TPSA) is 55.4 Å². The minimum Gasteiger partial charge on any atom is -0.462 e. The number of anilines is 1. The summed E-state index contributed by atoms with van der Waals surface area (Å²) in [7, 11) is 0. The SMILES string of the molecule is CCOC(=O)c1c(-c2ccccc2)csc1NC(=O)C1C(C)(C)C1(C)C. The zero-order valence-electron chi connectivity index (χ0n) is 15.9. The highest BCUT2D eigenvalue weighted by Gasteiger charge is 2.68. The molecule has 1 aromatic carbocycles. The second-order valence-electron chi connectivity index (χ2n) is 7.81. The number of esters is 1. The van der Waals surface area contributed by atoms with Crippen LogP contribution in [0.2, 0.25) is 0 Å². The van der Waals surface area contributed by atoms with Crippen LogP contribution in [0.25, 0.3) is 11.1 Å². The molecule has 1 aromatic heterocycles. The van der Waals surface area contributed by atoms with Crippen LogP contribution < -0.4 is 5.32 Å². The third-order valence-electron chi connectivity index (χ3n) is 5.88. The number of ether oxygens (including phenoxy) is 1. The van der Waals surface area contributed by atoms with Crippen LogP contribution in [-0.4, -0.2) is 18.5 Å². The van der Waals surface area contributed by atoms with Crippen molar-refractivity contribution in [2.75, 3.05) is 11.9 Å². The monoisotopic (exact) mass is 371 g/mol. The Labute approximate surface area is 158 Å². The zero-order valence-corrected chi connectivity index (χ0v) is 16.7. The van der Waals surface area contributed by atoms with Gasteiger partial charge in [-0.25, -0.2) is 4.79 Å². The Morgan fingerprint density at radius 2 is 1.73 bits per heavy atom. The van der Waals surface area contributed by atoms with Crippen molar-refractivity contribution in [1.29, 1.82) is 0 Å². The van der Waals surface area contributed by atoms with E-state index in [2.05, 4.69) is 33.0 Å². The quantitative estimate of drug-likeness (QED) is 0.734. The van der Waals surface area contributed by atoms with E-state index in [9.17, 15) is 9.59 Å². The zero-order chi connectivity index (χ0) is 19.1. The highest BCUT2D eigenvalue weighted by molar-refractivity contribution is 7.15. The Morgan fingerprint density at radius 3 is 2.27 bits per heavy atom. The van der Waals surface area contributed by atoms with E-state index in [0.29, 0.717) is 17.2 Å². The van der Waals surface area contributed by atoms with Crippen molar-refractivity contribution in [2.45, 2.75) is 34.6 Å². The standard InChI is InChI=1S/C21H25NO3S/c1-6-25-19(24)15-14(13-10-8-7-9-11-13)12-26-18(15)22-17(23)16-20(2,3)21(16,4)5/h7-12,16H,6H2,1-5H3,(H,22,23). The Bertz CT molecular complexity index is 822. The molecule has 0 radical (unpaired) electrons. The molecule has 0 atom stereocenters. The number of amides is 1. The lowest BCUT2D eigenvalue weighted by molar-refractivity contribution is -0.118. The Kier molecular flexibility index (Phi) is 4.69. The summed E-state index contributed by atoms with van der Waals surface area (Å²) < 4.78 is 5.25. The fraction of sp³-hybridized carbons (Fsp3) is 0.429. The summed E-state index contributed by atoms with van der Waals surface area (Å²) in [6.45, 7) is 10.5. The molecule has 4 nitrogen and oxygen atoms in total. The maximum absolute atomic E-state index is 12.8. The normalized spacial score (nSPS) is 17.6. The van der Waals surface area contributed by atoms with Gasteiger partial charge in [0, 0.05) is 16.9 Å². The molecular weight excluding hydrogens is 346 g/mol. The van der Waals surface area contributed by atoms with E-state index in [1.807, 2.05) is 35.7 Å². The molecule has 1 N–H and O–H groups in total. The van der Waals surface area contributed by atoms with Gasteiger partial charge in [0.05, 0.1) is 6.61 Å². The van der Waals surface area contributed by atoms with Gasteiger partial charge in [-0.2, -0.15) is 0 Å². The molecule has 5 heteroatoms. The summed E-state index contributed by atoms with van der Waals surface area (Å²) >= 11 is 1.37. The molecule has 0 spiro atoms. The van der Waals surface area contributed by atoms with Crippen molar-refractivity contribution in [3.8, 4) is 11.1 Å². The van der Waals surface area contributed by atoms with Gasteiger partial charge in [0.2, 0.25) is 5.91 Å². The van der Waals surface area contributed by atoms with Crippen LogP contribution in [0.5, 0.6) is 0 Å². The predicted octanol–water partition coefficient (Wildman–Crippen LogP) is 5.21. The van der Waals surface area contributed by atoms with Crippen LogP contribution in [0, 0.1) is 16.7 Å². The largest absolute Gasteiger partial charge is 0.462 e. The second kappa shape index (κ2) is 6.54. The highest BCUT2D eigenvalue weighted by atomic mass is 32.1. The molecule has 1 saturated carbocycles. The van der Waals surface area contributed by atoms with E-state index in [-0.39, 0.29) is 22.7 Å².